The fourth-order valence-corrected chi connectivity index (χ4v) is 2.64. The molecule has 2 rings (SSSR count). The van der Waals surface area contributed by atoms with E-state index in [2.05, 4.69) is 0 Å². The van der Waals surface area contributed by atoms with Gasteiger partial charge in [0.15, 0.2) is 0 Å². The molecule has 2 bridgehead atoms. The molecule has 1 saturated heterocycles. The average Bonchev–Trinajstić information content (AvgIpc) is 2.85. The van der Waals surface area contributed by atoms with Crippen LogP contribution in [-0.2, 0) is 14.3 Å². The van der Waals surface area contributed by atoms with Crippen molar-refractivity contribution in [3.63, 3.8) is 0 Å². The number of likely N-dealkylation sites (tertiary alicyclic amines) is 1. The van der Waals surface area contributed by atoms with E-state index in [1.54, 1.807) is 6.92 Å². The summed E-state index contributed by atoms with van der Waals surface area (Å²) < 4.78 is 10.4. The van der Waals surface area contributed by atoms with Gasteiger partial charge in [-0.15, -0.1) is 0 Å². The van der Waals surface area contributed by atoms with Crippen LogP contribution in [0.15, 0.2) is 12.2 Å². The van der Waals surface area contributed by atoms with E-state index in [1.807, 2.05) is 32.9 Å². The Balaban J connectivity index is 2.15. The first-order chi connectivity index (χ1) is 8.83. The van der Waals surface area contributed by atoms with Crippen LogP contribution in [0, 0.1) is 5.92 Å². The highest BCUT2D eigenvalue weighted by atomic mass is 16.6. The Morgan fingerprint density at radius 3 is 2.58 bits per heavy atom. The zero-order chi connectivity index (χ0) is 14.2. The first-order valence-corrected chi connectivity index (χ1v) is 6.69. The molecule has 0 aromatic carbocycles. The number of amides is 1. The molecule has 5 nitrogen and oxygen atoms in total. The molecule has 1 aliphatic heterocycles. The topological polar surface area (TPSA) is 55.8 Å². The molecule has 2 aliphatic rings. The number of hydrogen-bond donors (Lipinski definition) is 0. The number of nitrogens with zero attached hydrogens (tertiary/aromatic N) is 1. The predicted octanol–water partition coefficient (Wildman–Crippen LogP) is 2.11. The fraction of sp³-hybridized carbons (Fsp3) is 0.714. The number of fused-ring (bicyclic) bond motifs is 2. The fourth-order valence-electron chi connectivity index (χ4n) is 2.64. The summed E-state index contributed by atoms with van der Waals surface area (Å²) in [5.74, 6) is -0.290. The highest BCUT2D eigenvalue weighted by Gasteiger charge is 2.50. The maximum atomic E-state index is 12.2. The van der Waals surface area contributed by atoms with Crippen LogP contribution in [0.25, 0.3) is 0 Å². The van der Waals surface area contributed by atoms with Crippen LogP contribution >= 0.6 is 0 Å². The van der Waals surface area contributed by atoms with E-state index in [0.29, 0.717) is 6.61 Å². The van der Waals surface area contributed by atoms with Gasteiger partial charge in [-0.2, -0.15) is 0 Å². The molecule has 0 saturated carbocycles. The third-order valence-electron chi connectivity index (χ3n) is 3.29. The molecule has 5 heteroatoms. The van der Waals surface area contributed by atoms with Gasteiger partial charge in [0.05, 0.1) is 12.6 Å². The van der Waals surface area contributed by atoms with Crippen molar-refractivity contribution in [1.82, 2.24) is 4.90 Å². The van der Waals surface area contributed by atoms with E-state index in [0.717, 1.165) is 6.42 Å². The Labute approximate surface area is 113 Å². The first kappa shape index (κ1) is 13.9. The highest BCUT2D eigenvalue weighted by Crippen LogP contribution is 2.38. The van der Waals surface area contributed by atoms with Crippen LogP contribution < -0.4 is 0 Å². The monoisotopic (exact) mass is 267 g/mol. The molecule has 1 heterocycles. The maximum Gasteiger partial charge on any atom is 0.411 e. The van der Waals surface area contributed by atoms with E-state index >= 15 is 0 Å². The van der Waals surface area contributed by atoms with Gasteiger partial charge in [0.25, 0.3) is 0 Å². The molecule has 1 aliphatic carbocycles. The van der Waals surface area contributed by atoms with Crippen molar-refractivity contribution in [1.29, 1.82) is 0 Å². The minimum Gasteiger partial charge on any atom is -0.464 e. The molecule has 0 N–H and O–H groups in total. The Morgan fingerprint density at radius 1 is 1.32 bits per heavy atom. The van der Waals surface area contributed by atoms with E-state index < -0.39 is 17.7 Å². The summed E-state index contributed by atoms with van der Waals surface area (Å²) >= 11 is 0. The van der Waals surface area contributed by atoms with Gasteiger partial charge in [0.1, 0.15) is 11.6 Å². The number of carbonyl (C=O) groups excluding carboxylic acids is 2. The normalized spacial score (nSPS) is 28.6. The smallest absolute Gasteiger partial charge is 0.411 e. The maximum absolute atomic E-state index is 12.2. The molecule has 0 spiro atoms. The first-order valence-electron chi connectivity index (χ1n) is 6.69. The number of hydrogen-bond acceptors (Lipinski definition) is 4. The highest BCUT2D eigenvalue weighted by molar-refractivity contribution is 5.84. The molecule has 1 amide bonds. The van der Waals surface area contributed by atoms with Gasteiger partial charge in [0, 0.05) is 5.92 Å². The lowest BCUT2D eigenvalue weighted by molar-refractivity contribution is -0.149. The minimum atomic E-state index is -0.568. The molecular weight excluding hydrogens is 246 g/mol. The summed E-state index contributed by atoms with van der Waals surface area (Å²) in [6, 6.07) is -0.584. The molecule has 0 aromatic heterocycles. The quantitative estimate of drug-likeness (QED) is 0.568. The molecular formula is C14H21NO4. The average molecular weight is 267 g/mol. The summed E-state index contributed by atoms with van der Waals surface area (Å²) in [4.78, 5) is 25.8. The molecule has 1 fully saturated rings. The van der Waals surface area contributed by atoms with Gasteiger partial charge >= 0.3 is 12.1 Å². The van der Waals surface area contributed by atoms with Gasteiger partial charge in [-0.25, -0.2) is 9.59 Å². The van der Waals surface area contributed by atoms with Crippen LogP contribution in [0.3, 0.4) is 0 Å². The number of esters is 1. The summed E-state index contributed by atoms with van der Waals surface area (Å²) in [5.41, 5.74) is -0.568. The molecule has 106 valence electrons. The molecule has 3 atom stereocenters. The second-order valence-electron chi connectivity index (χ2n) is 5.94. The Hall–Kier alpha value is -1.52. The zero-order valence-electron chi connectivity index (χ0n) is 11.9. The van der Waals surface area contributed by atoms with E-state index in [1.165, 1.54) is 4.90 Å². The Morgan fingerprint density at radius 2 is 2.00 bits per heavy atom. The SMILES string of the molecule is CCOC(=O)[C@H]1[C@H]2C=C[C@@H](C2)N1C(=O)OC(C)(C)C. The lowest BCUT2D eigenvalue weighted by Crippen LogP contribution is -2.49. The summed E-state index contributed by atoms with van der Waals surface area (Å²) in [7, 11) is 0. The van der Waals surface area contributed by atoms with Gasteiger partial charge in [-0.3, -0.25) is 4.90 Å². The van der Waals surface area contributed by atoms with Gasteiger partial charge in [0.2, 0.25) is 0 Å². The zero-order valence-corrected chi connectivity index (χ0v) is 11.9. The van der Waals surface area contributed by atoms with Gasteiger partial charge < -0.3 is 9.47 Å². The van der Waals surface area contributed by atoms with Crippen LogP contribution in [0.5, 0.6) is 0 Å². The number of rotatable bonds is 2. The van der Waals surface area contributed by atoms with Gasteiger partial charge in [-0.1, -0.05) is 12.2 Å². The third kappa shape index (κ3) is 2.74. The third-order valence-corrected chi connectivity index (χ3v) is 3.29. The van der Waals surface area contributed by atoms with Crippen molar-refractivity contribution in [2.45, 2.75) is 51.8 Å². The molecule has 19 heavy (non-hydrogen) atoms. The minimum absolute atomic E-state index is 0.0470. The molecule has 0 radical (unpaired) electrons. The van der Waals surface area contributed by atoms with Crippen LogP contribution in [0.1, 0.15) is 34.1 Å². The van der Waals surface area contributed by atoms with Crippen molar-refractivity contribution in [3.8, 4) is 0 Å². The van der Waals surface area contributed by atoms with Crippen molar-refractivity contribution in [3.05, 3.63) is 12.2 Å². The second kappa shape index (κ2) is 4.87. The lowest BCUT2D eigenvalue weighted by atomic mass is 10.0. The molecule has 0 unspecified atom stereocenters. The van der Waals surface area contributed by atoms with Crippen LogP contribution in [-0.4, -0.2) is 41.3 Å². The number of ether oxygens (including phenoxy) is 2. The standard InChI is InChI=1S/C14H21NO4/c1-5-18-12(16)11-9-6-7-10(8-9)15(11)13(17)19-14(2,3)4/h6-7,9-11H,5,8H2,1-4H3/t9-,10-,11+/m0/s1. The Bertz CT molecular complexity index is 410. The second-order valence-corrected chi connectivity index (χ2v) is 5.94. The van der Waals surface area contributed by atoms with Crippen LogP contribution in [0.2, 0.25) is 0 Å². The van der Waals surface area contributed by atoms with Crippen molar-refractivity contribution < 1.29 is 19.1 Å². The summed E-state index contributed by atoms with van der Waals surface area (Å²) in [6.07, 6.45) is 4.29. The van der Waals surface area contributed by atoms with Crippen molar-refractivity contribution >= 4 is 12.1 Å². The lowest BCUT2D eigenvalue weighted by Gasteiger charge is -2.32. The Kier molecular flexibility index (Phi) is 3.56. The van der Waals surface area contributed by atoms with Gasteiger partial charge in [-0.05, 0) is 34.1 Å². The van der Waals surface area contributed by atoms with Crippen molar-refractivity contribution in [2.24, 2.45) is 5.92 Å². The van der Waals surface area contributed by atoms with Crippen LogP contribution in [0.4, 0.5) is 4.79 Å². The largest absolute Gasteiger partial charge is 0.464 e. The van der Waals surface area contributed by atoms with E-state index in [4.69, 9.17) is 9.47 Å². The summed E-state index contributed by atoms with van der Waals surface area (Å²) in [6.45, 7) is 7.52. The predicted molar refractivity (Wildman–Crippen MR) is 69.5 cm³/mol. The summed E-state index contributed by atoms with van der Waals surface area (Å²) in [5, 5.41) is 0. The van der Waals surface area contributed by atoms with Crippen molar-refractivity contribution in [2.75, 3.05) is 6.61 Å². The number of carbonyl (C=O) groups is 2. The van der Waals surface area contributed by atoms with E-state index in [-0.39, 0.29) is 17.9 Å². The molecule has 0 aromatic rings. The van der Waals surface area contributed by atoms with E-state index in [9.17, 15) is 9.59 Å².